The van der Waals surface area contributed by atoms with Crippen molar-refractivity contribution in [1.82, 2.24) is 9.80 Å². The second-order valence-electron chi connectivity index (χ2n) is 3.37. The summed E-state index contributed by atoms with van der Waals surface area (Å²) in [6, 6.07) is 0. The fraction of sp³-hybridized carbons (Fsp3) is 0.500. The summed E-state index contributed by atoms with van der Waals surface area (Å²) in [4.78, 5) is 13.3. The summed E-state index contributed by atoms with van der Waals surface area (Å²) >= 11 is 0. The lowest BCUT2D eigenvalue weighted by Crippen LogP contribution is -2.35. The Morgan fingerprint density at radius 2 is 2.13 bits per heavy atom. The average molecular weight is 216 g/mol. The van der Waals surface area contributed by atoms with Gasteiger partial charge in [-0.1, -0.05) is 0 Å². The van der Waals surface area contributed by atoms with E-state index in [1.165, 1.54) is 36.0 Å². The lowest BCUT2D eigenvalue weighted by atomic mass is 10.2. The minimum absolute atomic E-state index is 0.0248. The molecule has 0 saturated heterocycles. The molecule has 0 aliphatic carbocycles. The van der Waals surface area contributed by atoms with Gasteiger partial charge >= 0.3 is 0 Å². The van der Waals surface area contributed by atoms with E-state index in [1.54, 1.807) is 0 Å². The Morgan fingerprint density at radius 1 is 1.47 bits per heavy atom. The monoisotopic (exact) mass is 216 g/mol. The summed E-state index contributed by atoms with van der Waals surface area (Å²) in [5.74, 6) is -0.533. The van der Waals surface area contributed by atoms with Crippen molar-refractivity contribution < 1.29 is 13.6 Å². The first-order valence-electron chi connectivity index (χ1n) is 4.72. The molecule has 0 bridgehead atoms. The fourth-order valence-electron chi connectivity index (χ4n) is 1.53. The van der Waals surface area contributed by atoms with Gasteiger partial charge in [-0.25, -0.2) is 8.78 Å². The number of rotatable bonds is 3. The maximum absolute atomic E-state index is 13.1. The highest BCUT2D eigenvalue weighted by molar-refractivity contribution is 5.49. The van der Waals surface area contributed by atoms with E-state index in [-0.39, 0.29) is 5.70 Å². The van der Waals surface area contributed by atoms with Crippen molar-refractivity contribution in [1.29, 1.82) is 0 Å². The van der Waals surface area contributed by atoms with Crippen molar-refractivity contribution in [2.75, 3.05) is 13.1 Å². The van der Waals surface area contributed by atoms with E-state index < -0.39 is 12.0 Å². The number of alkyl halides is 1. The molecule has 0 saturated carbocycles. The van der Waals surface area contributed by atoms with Crippen LogP contribution in [0.3, 0.4) is 0 Å². The molecular formula is C10H14F2N2O. The van der Waals surface area contributed by atoms with Crippen LogP contribution in [0.25, 0.3) is 0 Å². The molecule has 5 heteroatoms. The van der Waals surface area contributed by atoms with Gasteiger partial charge in [0.25, 0.3) is 0 Å². The summed E-state index contributed by atoms with van der Waals surface area (Å²) in [7, 11) is 0. The summed E-state index contributed by atoms with van der Waals surface area (Å²) < 4.78 is 26.2. The van der Waals surface area contributed by atoms with Crippen LogP contribution >= 0.6 is 0 Å². The number of nitrogens with zero attached hydrogens (tertiary/aromatic N) is 2. The number of amides is 1. The Kier molecular flexibility index (Phi) is 3.82. The maximum Gasteiger partial charge on any atom is 0.213 e. The van der Waals surface area contributed by atoms with Crippen LogP contribution in [-0.4, -0.2) is 35.5 Å². The number of allylic oxidation sites excluding steroid dienone is 2. The minimum atomic E-state index is -1.36. The molecular weight excluding hydrogens is 202 g/mol. The SMILES string of the molecule is CC(F)=C(C(C)F)N1C=CN(C=O)CC1. The zero-order valence-electron chi connectivity index (χ0n) is 8.78. The number of carbonyl (C=O) groups excluding carboxylic acids is 1. The topological polar surface area (TPSA) is 23.6 Å². The van der Waals surface area contributed by atoms with E-state index in [4.69, 9.17) is 0 Å². The number of hydrogen-bond acceptors (Lipinski definition) is 2. The number of carbonyl (C=O) groups is 1. The molecule has 1 aliphatic heterocycles. The molecule has 0 spiro atoms. The highest BCUT2D eigenvalue weighted by atomic mass is 19.1. The van der Waals surface area contributed by atoms with Gasteiger partial charge in [0.15, 0.2) is 0 Å². The molecule has 0 aromatic carbocycles. The Labute approximate surface area is 87.7 Å². The van der Waals surface area contributed by atoms with Crippen LogP contribution in [0, 0.1) is 0 Å². The van der Waals surface area contributed by atoms with Crippen LogP contribution in [0.4, 0.5) is 8.78 Å². The fourth-order valence-corrected chi connectivity index (χ4v) is 1.53. The van der Waals surface area contributed by atoms with E-state index in [1.807, 2.05) is 0 Å². The van der Waals surface area contributed by atoms with Crippen molar-refractivity contribution >= 4 is 6.41 Å². The average Bonchev–Trinajstić information content (AvgIpc) is 2.18. The van der Waals surface area contributed by atoms with Crippen molar-refractivity contribution in [2.45, 2.75) is 20.0 Å². The maximum atomic E-state index is 13.1. The van der Waals surface area contributed by atoms with Gasteiger partial charge in [-0.15, -0.1) is 0 Å². The van der Waals surface area contributed by atoms with Gasteiger partial charge < -0.3 is 9.80 Å². The second-order valence-corrected chi connectivity index (χ2v) is 3.37. The first-order chi connectivity index (χ1) is 7.06. The van der Waals surface area contributed by atoms with Gasteiger partial charge in [-0.05, 0) is 13.8 Å². The number of hydrogen-bond donors (Lipinski definition) is 0. The highest BCUT2D eigenvalue weighted by Crippen LogP contribution is 2.20. The summed E-state index contributed by atoms with van der Waals surface area (Å²) in [6.45, 7) is 3.35. The lowest BCUT2D eigenvalue weighted by molar-refractivity contribution is -0.116. The van der Waals surface area contributed by atoms with Crippen LogP contribution in [-0.2, 0) is 4.79 Å². The van der Waals surface area contributed by atoms with Gasteiger partial charge in [0.1, 0.15) is 12.0 Å². The molecule has 1 aliphatic rings. The first-order valence-corrected chi connectivity index (χ1v) is 4.72. The quantitative estimate of drug-likeness (QED) is 0.671. The smallest absolute Gasteiger partial charge is 0.213 e. The molecule has 0 fully saturated rings. The molecule has 0 aromatic rings. The third-order valence-corrected chi connectivity index (χ3v) is 2.21. The molecule has 0 aromatic heterocycles. The van der Waals surface area contributed by atoms with Crippen molar-refractivity contribution in [3.63, 3.8) is 0 Å². The molecule has 1 amide bonds. The van der Waals surface area contributed by atoms with E-state index in [0.717, 1.165) is 0 Å². The zero-order chi connectivity index (χ0) is 11.4. The van der Waals surface area contributed by atoms with Gasteiger partial charge in [-0.3, -0.25) is 4.79 Å². The second kappa shape index (κ2) is 4.91. The molecule has 0 radical (unpaired) electrons. The van der Waals surface area contributed by atoms with Gasteiger partial charge in [0.2, 0.25) is 6.41 Å². The molecule has 84 valence electrons. The van der Waals surface area contributed by atoms with E-state index in [2.05, 4.69) is 0 Å². The van der Waals surface area contributed by atoms with E-state index >= 15 is 0 Å². The van der Waals surface area contributed by atoms with Crippen LogP contribution in [0.2, 0.25) is 0 Å². The van der Waals surface area contributed by atoms with Gasteiger partial charge in [-0.2, -0.15) is 0 Å². The van der Waals surface area contributed by atoms with Crippen LogP contribution in [0.5, 0.6) is 0 Å². The summed E-state index contributed by atoms with van der Waals surface area (Å²) in [6.07, 6.45) is 2.33. The molecule has 1 atom stereocenters. The van der Waals surface area contributed by atoms with E-state index in [0.29, 0.717) is 19.5 Å². The van der Waals surface area contributed by atoms with E-state index in [9.17, 15) is 13.6 Å². The summed E-state index contributed by atoms with van der Waals surface area (Å²) in [5, 5.41) is 0. The van der Waals surface area contributed by atoms with Crippen LogP contribution in [0.15, 0.2) is 23.9 Å². The highest BCUT2D eigenvalue weighted by Gasteiger charge is 2.20. The Morgan fingerprint density at radius 3 is 2.47 bits per heavy atom. The van der Waals surface area contributed by atoms with Crippen molar-refractivity contribution in [2.24, 2.45) is 0 Å². The largest absolute Gasteiger partial charge is 0.344 e. The predicted molar refractivity (Wildman–Crippen MR) is 53.0 cm³/mol. The predicted octanol–water partition coefficient (Wildman–Crippen LogP) is 1.79. The van der Waals surface area contributed by atoms with Crippen molar-refractivity contribution in [3.8, 4) is 0 Å². The third kappa shape index (κ3) is 2.78. The Balaban J connectivity index is 2.82. The molecule has 3 nitrogen and oxygen atoms in total. The molecule has 0 N–H and O–H groups in total. The normalized spacial score (nSPS) is 20.0. The van der Waals surface area contributed by atoms with Crippen molar-refractivity contribution in [3.05, 3.63) is 23.9 Å². The standard InChI is InChI=1S/C10H14F2N2O/c1-8(11)10(9(2)12)14-5-3-13(7-15)4-6-14/h3,5,7-8H,4,6H2,1-2H3. The minimum Gasteiger partial charge on any atom is -0.344 e. The Bertz CT molecular complexity index is 296. The van der Waals surface area contributed by atoms with Gasteiger partial charge in [0.05, 0.1) is 5.70 Å². The molecule has 1 unspecified atom stereocenters. The lowest BCUT2D eigenvalue weighted by Gasteiger charge is -2.30. The molecule has 1 rings (SSSR count). The van der Waals surface area contributed by atoms with Gasteiger partial charge in [0, 0.05) is 25.5 Å². The molecule has 15 heavy (non-hydrogen) atoms. The summed E-state index contributed by atoms with van der Waals surface area (Å²) in [5.41, 5.74) is 0.0248. The first kappa shape index (κ1) is 11.7. The third-order valence-electron chi connectivity index (χ3n) is 2.21. The molecule has 1 heterocycles. The zero-order valence-corrected chi connectivity index (χ0v) is 8.78. The van der Waals surface area contributed by atoms with Crippen LogP contribution < -0.4 is 0 Å². The number of halogens is 2. The Hall–Kier alpha value is -1.39. The van der Waals surface area contributed by atoms with Crippen LogP contribution in [0.1, 0.15) is 13.8 Å².